The Labute approximate surface area is 140 Å². The van der Waals surface area contributed by atoms with Gasteiger partial charge in [0.2, 0.25) is 0 Å². The Kier molecular flexibility index (Phi) is 4.09. The highest BCUT2D eigenvalue weighted by Gasteiger charge is 2.26. The van der Waals surface area contributed by atoms with E-state index in [-0.39, 0.29) is 5.82 Å². The van der Waals surface area contributed by atoms with Crippen molar-refractivity contribution < 1.29 is 8.81 Å². The highest BCUT2D eigenvalue weighted by Crippen LogP contribution is 2.33. The number of benzene rings is 1. The molecule has 24 heavy (non-hydrogen) atoms. The summed E-state index contributed by atoms with van der Waals surface area (Å²) in [4.78, 5) is 11.2. The molecule has 1 fully saturated rings. The summed E-state index contributed by atoms with van der Waals surface area (Å²) in [5.74, 6) is 1.08. The molecule has 0 N–H and O–H groups in total. The second-order valence-electron chi connectivity index (χ2n) is 6.07. The average molecular weight is 323 g/mol. The highest BCUT2D eigenvalue weighted by atomic mass is 19.1. The number of aromatic nitrogens is 2. The molecule has 3 heterocycles. The van der Waals surface area contributed by atoms with Crippen LogP contribution in [0, 0.1) is 5.82 Å². The van der Waals surface area contributed by atoms with Crippen molar-refractivity contribution >= 4 is 0 Å². The number of hydrogen-bond donors (Lipinski definition) is 0. The van der Waals surface area contributed by atoms with Crippen LogP contribution >= 0.6 is 0 Å². The molecule has 3 aromatic rings. The van der Waals surface area contributed by atoms with Crippen molar-refractivity contribution in [1.82, 2.24) is 14.9 Å². The summed E-state index contributed by atoms with van der Waals surface area (Å²) in [7, 11) is 0. The first-order valence-corrected chi connectivity index (χ1v) is 8.14. The Bertz CT molecular complexity index is 784. The Morgan fingerprint density at radius 1 is 1.12 bits per heavy atom. The normalized spacial score (nSPS) is 18.1. The summed E-state index contributed by atoms with van der Waals surface area (Å²) < 4.78 is 18.4. The molecule has 0 unspecified atom stereocenters. The Morgan fingerprint density at radius 2 is 1.92 bits per heavy atom. The maximum Gasteiger partial charge on any atom is 0.195 e. The molecule has 5 heteroatoms. The molecule has 0 aliphatic carbocycles. The summed E-state index contributed by atoms with van der Waals surface area (Å²) >= 11 is 0. The molecule has 1 saturated heterocycles. The summed E-state index contributed by atoms with van der Waals surface area (Å²) in [6.45, 7) is 1.82. The van der Waals surface area contributed by atoms with Crippen LogP contribution in [-0.2, 0) is 6.54 Å². The van der Waals surface area contributed by atoms with Gasteiger partial charge in [-0.05, 0) is 49.2 Å². The Balaban J connectivity index is 1.48. The zero-order chi connectivity index (χ0) is 16.4. The SMILES string of the molecule is Fc1ccc([C@@H]2CCCN2Cc2cnc(-c3ccco3)nc2)cc1. The highest BCUT2D eigenvalue weighted by molar-refractivity contribution is 5.45. The summed E-state index contributed by atoms with van der Waals surface area (Å²) in [6, 6.07) is 10.8. The van der Waals surface area contributed by atoms with Crippen molar-refractivity contribution in [3.8, 4) is 11.6 Å². The van der Waals surface area contributed by atoms with Crippen molar-refractivity contribution in [3.63, 3.8) is 0 Å². The number of nitrogens with zero attached hydrogens (tertiary/aromatic N) is 3. The fourth-order valence-electron chi connectivity index (χ4n) is 3.28. The molecule has 122 valence electrons. The Hall–Kier alpha value is -2.53. The van der Waals surface area contributed by atoms with Crippen molar-refractivity contribution in [2.24, 2.45) is 0 Å². The van der Waals surface area contributed by atoms with E-state index in [1.54, 1.807) is 6.26 Å². The minimum absolute atomic E-state index is 0.190. The van der Waals surface area contributed by atoms with Crippen LogP contribution in [0.5, 0.6) is 0 Å². The maximum absolute atomic E-state index is 13.1. The van der Waals surface area contributed by atoms with Crippen LogP contribution in [0.1, 0.15) is 30.0 Å². The smallest absolute Gasteiger partial charge is 0.195 e. The van der Waals surface area contributed by atoms with Gasteiger partial charge in [0.1, 0.15) is 5.82 Å². The minimum atomic E-state index is -0.190. The first-order chi connectivity index (χ1) is 11.8. The van der Waals surface area contributed by atoms with E-state index in [1.165, 1.54) is 17.7 Å². The molecular formula is C19H18FN3O. The molecule has 1 aliphatic rings. The molecule has 0 saturated carbocycles. The molecule has 0 bridgehead atoms. The van der Waals surface area contributed by atoms with Crippen molar-refractivity contribution in [2.75, 3.05) is 6.54 Å². The lowest BCUT2D eigenvalue weighted by molar-refractivity contribution is 0.248. The summed E-state index contributed by atoms with van der Waals surface area (Å²) in [6.07, 6.45) is 7.56. The fourth-order valence-corrected chi connectivity index (χ4v) is 3.28. The van der Waals surface area contributed by atoms with Crippen LogP contribution in [0.25, 0.3) is 11.6 Å². The van der Waals surface area contributed by atoms with Gasteiger partial charge in [0.05, 0.1) is 6.26 Å². The van der Waals surface area contributed by atoms with E-state index in [0.29, 0.717) is 17.6 Å². The molecule has 1 aliphatic heterocycles. The number of furan rings is 1. The van der Waals surface area contributed by atoms with Crippen LogP contribution in [0.3, 0.4) is 0 Å². The van der Waals surface area contributed by atoms with Crippen LogP contribution in [0.2, 0.25) is 0 Å². The van der Waals surface area contributed by atoms with Crippen LogP contribution in [0.4, 0.5) is 4.39 Å². The molecule has 1 aromatic carbocycles. The minimum Gasteiger partial charge on any atom is -0.461 e. The van der Waals surface area contributed by atoms with Crippen molar-refractivity contribution in [3.05, 3.63) is 72.0 Å². The van der Waals surface area contributed by atoms with Gasteiger partial charge in [0.15, 0.2) is 11.6 Å². The predicted molar refractivity (Wildman–Crippen MR) is 88.5 cm³/mol. The first kappa shape index (κ1) is 15.0. The lowest BCUT2D eigenvalue weighted by Crippen LogP contribution is -2.23. The van der Waals surface area contributed by atoms with Gasteiger partial charge in [-0.25, -0.2) is 14.4 Å². The van der Waals surface area contributed by atoms with Crippen molar-refractivity contribution in [2.45, 2.75) is 25.4 Å². The predicted octanol–water partition coefficient (Wildman–Crippen LogP) is 4.21. The molecular weight excluding hydrogens is 305 g/mol. The second-order valence-corrected chi connectivity index (χ2v) is 6.07. The number of halogens is 1. The lowest BCUT2D eigenvalue weighted by atomic mass is 10.0. The van der Waals surface area contributed by atoms with Gasteiger partial charge in [-0.2, -0.15) is 0 Å². The van der Waals surface area contributed by atoms with Crippen LogP contribution in [-0.4, -0.2) is 21.4 Å². The van der Waals surface area contributed by atoms with Gasteiger partial charge < -0.3 is 4.42 Å². The molecule has 0 radical (unpaired) electrons. The number of rotatable bonds is 4. The molecule has 0 amide bonds. The lowest BCUT2D eigenvalue weighted by Gasteiger charge is -2.24. The van der Waals surface area contributed by atoms with E-state index in [4.69, 9.17) is 4.42 Å². The van der Waals surface area contributed by atoms with E-state index < -0.39 is 0 Å². The third-order valence-electron chi connectivity index (χ3n) is 4.45. The van der Waals surface area contributed by atoms with E-state index in [2.05, 4.69) is 14.9 Å². The van der Waals surface area contributed by atoms with Crippen molar-refractivity contribution in [1.29, 1.82) is 0 Å². The first-order valence-electron chi connectivity index (χ1n) is 8.14. The van der Waals surface area contributed by atoms with Gasteiger partial charge in [-0.15, -0.1) is 0 Å². The van der Waals surface area contributed by atoms with E-state index >= 15 is 0 Å². The van der Waals surface area contributed by atoms with E-state index in [9.17, 15) is 4.39 Å². The summed E-state index contributed by atoms with van der Waals surface area (Å²) in [5.41, 5.74) is 2.24. The monoisotopic (exact) mass is 323 g/mol. The zero-order valence-electron chi connectivity index (χ0n) is 13.2. The maximum atomic E-state index is 13.1. The second kappa shape index (κ2) is 6.53. The molecule has 4 nitrogen and oxygen atoms in total. The third-order valence-corrected chi connectivity index (χ3v) is 4.45. The topological polar surface area (TPSA) is 42.2 Å². The summed E-state index contributed by atoms with van der Waals surface area (Å²) in [5, 5.41) is 0. The molecule has 4 rings (SSSR count). The number of hydrogen-bond acceptors (Lipinski definition) is 4. The van der Waals surface area contributed by atoms with Gasteiger partial charge in [-0.1, -0.05) is 12.1 Å². The zero-order valence-corrected chi connectivity index (χ0v) is 13.2. The van der Waals surface area contributed by atoms with Gasteiger partial charge in [-0.3, -0.25) is 4.90 Å². The average Bonchev–Trinajstić information content (AvgIpc) is 3.28. The van der Waals surface area contributed by atoms with E-state index in [0.717, 1.165) is 31.5 Å². The Morgan fingerprint density at radius 3 is 2.62 bits per heavy atom. The molecule has 0 spiro atoms. The van der Waals surface area contributed by atoms with Gasteiger partial charge in [0.25, 0.3) is 0 Å². The standard InChI is InChI=1S/C19H18FN3O/c20-16-7-5-15(6-8-16)17-3-1-9-23(17)13-14-11-21-19(22-12-14)18-4-2-10-24-18/h2,4-8,10-12,17H,1,3,9,13H2/t17-/m0/s1. The number of likely N-dealkylation sites (tertiary alicyclic amines) is 1. The largest absolute Gasteiger partial charge is 0.461 e. The van der Waals surface area contributed by atoms with E-state index in [1.807, 2.05) is 36.7 Å². The fraction of sp³-hybridized carbons (Fsp3) is 0.263. The van der Waals surface area contributed by atoms with Crippen LogP contribution in [0.15, 0.2) is 59.5 Å². The van der Waals surface area contributed by atoms with Crippen LogP contribution < -0.4 is 0 Å². The molecule has 1 atom stereocenters. The third kappa shape index (κ3) is 3.08. The molecule has 2 aromatic heterocycles. The quantitative estimate of drug-likeness (QED) is 0.721. The van der Waals surface area contributed by atoms with Gasteiger partial charge >= 0.3 is 0 Å². The van der Waals surface area contributed by atoms with Gasteiger partial charge in [0, 0.05) is 30.5 Å².